The second kappa shape index (κ2) is 9.45. The molecule has 1 fully saturated rings. The van der Waals surface area contributed by atoms with Gasteiger partial charge >= 0.3 is 0 Å². The number of ether oxygens (including phenoxy) is 1. The van der Waals surface area contributed by atoms with Crippen molar-refractivity contribution in [1.82, 2.24) is 15.2 Å². The van der Waals surface area contributed by atoms with Gasteiger partial charge in [0, 0.05) is 36.8 Å². The smallest absolute Gasteiger partial charge is 0.251 e. The van der Waals surface area contributed by atoms with Crippen molar-refractivity contribution in [2.45, 2.75) is 31.9 Å². The van der Waals surface area contributed by atoms with Gasteiger partial charge in [-0.25, -0.2) is 0 Å². The Labute approximate surface area is 157 Å². The quantitative estimate of drug-likeness (QED) is 0.806. The van der Waals surface area contributed by atoms with Gasteiger partial charge in [0.05, 0.1) is 13.2 Å². The third kappa shape index (κ3) is 5.37. The van der Waals surface area contributed by atoms with Crippen LogP contribution in [0.5, 0.6) is 0 Å². The molecule has 138 valence electrons. The number of thiophene rings is 1. The highest BCUT2D eigenvalue weighted by molar-refractivity contribution is 7.09. The maximum Gasteiger partial charge on any atom is 0.251 e. The third-order valence-electron chi connectivity index (χ3n) is 4.32. The number of aryl methyl sites for hydroxylation is 1. The number of hydrogen-bond donors (Lipinski definition) is 1. The van der Waals surface area contributed by atoms with Crippen LogP contribution in [0.25, 0.3) is 0 Å². The first kappa shape index (κ1) is 18.5. The molecule has 0 bridgehead atoms. The molecule has 3 rings (SSSR count). The van der Waals surface area contributed by atoms with E-state index in [-0.39, 0.29) is 11.8 Å². The minimum absolute atomic E-state index is 0.0942. The molecule has 0 saturated carbocycles. The van der Waals surface area contributed by atoms with Gasteiger partial charge < -0.3 is 15.0 Å². The lowest BCUT2D eigenvalue weighted by Crippen LogP contribution is -2.51. The molecule has 1 aliphatic heterocycles. The lowest BCUT2D eigenvalue weighted by Gasteiger charge is -2.32. The van der Waals surface area contributed by atoms with Crippen LogP contribution in [0.4, 0.5) is 0 Å². The number of rotatable bonds is 7. The molecule has 1 saturated heterocycles. The van der Waals surface area contributed by atoms with Crippen molar-refractivity contribution in [1.29, 1.82) is 0 Å². The lowest BCUT2D eigenvalue weighted by molar-refractivity contribution is -0.147. The summed E-state index contributed by atoms with van der Waals surface area (Å²) in [4.78, 5) is 31.7. The fraction of sp³-hybridized carbons (Fsp3) is 0.421. The Morgan fingerprint density at radius 3 is 2.92 bits per heavy atom. The number of carbonyl (C=O) groups excluding carboxylic acids is 2. The first-order valence-corrected chi connectivity index (χ1v) is 9.69. The number of nitrogens with zero attached hydrogens (tertiary/aromatic N) is 2. The van der Waals surface area contributed by atoms with Gasteiger partial charge in [-0.2, -0.15) is 0 Å². The van der Waals surface area contributed by atoms with Gasteiger partial charge in [0.25, 0.3) is 5.91 Å². The highest BCUT2D eigenvalue weighted by atomic mass is 32.1. The Morgan fingerprint density at radius 1 is 1.31 bits per heavy atom. The summed E-state index contributed by atoms with van der Waals surface area (Å²) in [7, 11) is 0. The highest BCUT2D eigenvalue weighted by Crippen LogP contribution is 2.14. The number of pyridine rings is 1. The van der Waals surface area contributed by atoms with E-state index in [1.54, 1.807) is 28.6 Å². The standard InChI is InChI=1S/C19H23N3O3S/c23-18(5-1-3-16-4-2-12-26-16)22-10-11-25-17(14-22)19(24)21-13-15-6-8-20-9-7-15/h2,4,6-9,12,17H,1,3,5,10-11,13-14H2,(H,21,24)/t17-/m0/s1. The summed E-state index contributed by atoms with van der Waals surface area (Å²) in [5, 5.41) is 4.91. The fourth-order valence-corrected chi connectivity index (χ4v) is 3.62. The Bertz CT molecular complexity index is 706. The van der Waals surface area contributed by atoms with Crippen LogP contribution in [0.15, 0.2) is 42.0 Å². The number of carbonyl (C=O) groups is 2. The maximum absolute atomic E-state index is 12.4. The van der Waals surface area contributed by atoms with Crippen LogP contribution in [0.1, 0.15) is 23.3 Å². The Morgan fingerprint density at radius 2 is 2.15 bits per heavy atom. The van der Waals surface area contributed by atoms with Gasteiger partial charge in [-0.1, -0.05) is 6.07 Å². The molecule has 7 heteroatoms. The van der Waals surface area contributed by atoms with Crippen LogP contribution >= 0.6 is 11.3 Å². The fourth-order valence-electron chi connectivity index (χ4n) is 2.86. The van der Waals surface area contributed by atoms with Gasteiger partial charge in [-0.3, -0.25) is 14.6 Å². The molecular formula is C19H23N3O3S. The van der Waals surface area contributed by atoms with Crippen molar-refractivity contribution < 1.29 is 14.3 Å². The zero-order chi connectivity index (χ0) is 18.2. The molecule has 1 atom stereocenters. The van der Waals surface area contributed by atoms with Gasteiger partial charge in [0.15, 0.2) is 6.10 Å². The van der Waals surface area contributed by atoms with Gasteiger partial charge in [0.2, 0.25) is 5.91 Å². The van der Waals surface area contributed by atoms with Crippen LogP contribution in [-0.2, 0) is 27.3 Å². The van der Waals surface area contributed by atoms with Crippen LogP contribution < -0.4 is 5.32 Å². The van der Waals surface area contributed by atoms with E-state index in [1.807, 2.05) is 23.6 Å². The van der Waals surface area contributed by atoms with Crippen LogP contribution in [0.3, 0.4) is 0 Å². The van der Waals surface area contributed by atoms with E-state index in [1.165, 1.54) is 4.88 Å². The van der Waals surface area contributed by atoms with Crippen molar-refractivity contribution in [3.8, 4) is 0 Å². The minimum atomic E-state index is -0.605. The molecule has 0 radical (unpaired) electrons. The normalized spacial score (nSPS) is 17.1. The van der Waals surface area contributed by atoms with Crippen LogP contribution in [0.2, 0.25) is 0 Å². The summed E-state index contributed by atoms with van der Waals surface area (Å²) >= 11 is 1.72. The molecule has 2 amide bonds. The average Bonchev–Trinajstić information content (AvgIpc) is 3.20. The van der Waals surface area contributed by atoms with Crippen LogP contribution in [-0.4, -0.2) is 47.5 Å². The third-order valence-corrected chi connectivity index (χ3v) is 5.26. The van der Waals surface area contributed by atoms with E-state index in [9.17, 15) is 9.59 Å². The van der Waals surface area contributed by atoms with E-state index >= 15 is 0 Å². The predicted octanol–water partition coefficient (Wildman–Crippen LogP) is 2.01. The van der Waals surface area contributed by atoms with E-state index in [4.69, 9.17) is 4.74 Å². The Kier molecular flexibility index (Phi) is 6.74. The number of aromatic nitrogens is 1. The first-order chi connectivity index (χ1) is 12.7. The van der Waals surface area contributed by atoms with Gasteiger partial charge in [0.1, 0.15) is 0 Å². The number of hydrogen-bond acceptors (Lipinski definition) is 5. The molecule has 1 aliphatic rings. The Balaban J connectivity index is 1.42. The van der Waals surface area contributed by atoms with Crippen molar-refractivity contribution in [3.63, 3.8) is 0 Å². The molecular weight excluding hydrogens is 350 g/mol. The van der Waals surface area contributed by atoms with E-state index in [2.05, 4.69) is 16.4 Å². The molecule has 0 unspecified atom stereocenters. The zero-order valence-corrected chi connectivity index (χ0v) is 15.4. The molecule has 2 aromatic heterocycles. The van der Waals surface area contributed by atoms with Crippen molar-refractivity contribution in [3.05, 3.63) is 52.5 Å². The molecule has 0 aromatic carbocycles. The Hall–Kier alpha value is -2.25. The molecule has 6 nitrogen and oxygen atoms in total. The summed E-state index contributed by atoms with van der Waals surface area (Å²) in [6.07, 6.45) is 5.03. The van der Waals surface area contributed by atoms with E-state index in [0.29, 0.717) is 32.7 Å². The van der Waals surface area contributed by atoms with E-state index in [0.717, 1.165) is 18.4 Å². The van der Waals surface area contributed by atoms with Gasteiger partial charge in [-0.05, 0) is 42.0 Å². The molecule has 2 aromatic rings. The molecule has 1 N–H and O–H groups in total. The first-order valence-electron chi connectivity index (χ1n) is 8.81. The monoisotopic (exact) mass is 373 g/mol. The van der Waals surface area contributed by atoms with Crippen molar-refractivity contribution in [2.24, 2.45) is 0 Å². The highest BCUT2D eigenvalue weighted by Gasteiger charge is 2.28. The van der Waals surface area contributed by atoms with Crippen molar-refractivity contribution in [2.75, 3.05) is 19.7 Å². The summed E-state index contributed by atoms with van der Waals surface area (Å²) in [5.74, 6) is -0.0883. The molecule has 3 heterocycles. The van der Waals surface area contributed by atoms with Gasteiger partial charge in [-0.15, -0.1) is 11.3 Å². The number of nitrogens with one attached hydrogen (secondary N) is 1. The topological polar surface area (TPSA) is 71.5 Å². The zero-order valence-electron chi connectivity index (χ0n) is 14.6. The predicted molar refractivity (Wildman–Crippen MR) is 99.7 cm³/mol. The van der Waals surface area contributed by atoms with E-state index < -0.39 is 6.10 Å². The lowest BCUT2D eigenvalue weighted by atomic mass is 10.1. The summed E-state index contributed by atoms with van der Waals surface area (Å²) < 4.78 is 5.56. The summed E-state index contributed by atoms with van der Waals surface area (Å²) in [6, 6.07) is 7.82. The minimum Gasteiger partial charge on any atom is -0.365 e. The van der Waals surface area contributed by atoms with Crippen molar-refractivity contribution >= 4 is 23.2 Å². The summed E-state index contributed by atoms with van der Waals surface area (Å²) in [6.45, 7) is 1.69. The SMILES string of the molecule is O=C(NCc1ccncc1)[C@@H]1CN(C(=O)CCCc2cccs2)CCO1. The molecule has 0 spiro atoms. The average molecular weight is 373 g/mol. The maximum atomic E-state index is 12.4. The largest absolute Gasteiger partial charge is 0.365 e. The second-order valence-corrected chi connectivity index (χ2v) is 7.24. The number of morpholine rings is 1. The number of amides is 2. The summed E-state index contributed by atoms with van der Waals surface area (Å²) in [5.41, 5.74) is 0.977. The molecule has 0 aliphatic carbocycles. The second-order valence-electron chi connectivity index (χ2n) is 6.21. The van der Waals surface area contributed by atoms with Crippen LogP contribution in [0, 0.1) is 0 Å². The molecule has 26 heavy (non-hydrogen) atoms.